The van der Waals surface area contributed by atoms with Crippen LogP contribution < -0.4 is 5.73 Å². The molecule has 4 heteroatoms. The number of carboxylic acid groups (broad SMARTS) is 1. The van der Waals surface area contributed by atoms with Gasteiger partial charge in [-0.25, -0.2) is 0 Å². The average Bonchev–Trinajstić information content (AvgIpc) is 2.18. The van der Waals surface area contributed by atoms with Gasteiger partial charge in [0.1, 0.15) is 11.8 Å². The Morgan fingerprint density at radius 3 is 2.29 bits per heavy atom. The van der Waals surface area contributed by atoms with E-state index in [0.717, 1.165) is 11.1 Å². The van der Waals surface area contributed by atoms with Crippen LogP contribution in [0.1, 0.15) is 43.5 Å². The van der Waals surface area contributed by atoms with E-state index in [9.17, 15) is 9.90 Å². The fraction of sp³-hybridized carbons (Fsp3) is 0.462. The van der Waals surface area contributed by atoms with E-state index in [-0.39, 0.29) is 11.2 Å². The van der Waals surface area contributed by atoms with E-state index < -0.39 is 12.0 Å². The third-order valence-electron chi connectivity index (χ3n) is 2.79. The highest BCUT2D eigenvalue weighted by Crippen LogP contribution is 2.34. The van der Waals surface area contributed by atoms with Gasteiger partial charge in [-0.15, -0.1) is 0 Å². The largest absolute Gasteiger partial charge is 0.508 e. The van der Waals surface area contributed by atoms with Gasteiger partial charge in [-0.3, -0.25) is 4.79 Å². The Morgan fingerprint density at radius 2 is 1.88 bits per heavy atom. The molecular formula is C13H19NO3. The minimum absolute atomic E-state index is 0.0924. The van der Waals surface area contributed by atoms with E-state index in [1.807, 2.05) is 20.8 Å². The maximum atomic E-state index is 10.8. The molecule has 1 rings (SSSR count). The van der Waals surface area contributed by atoms with Gasteiger partial charge in [0.25, 0.3) is 0 Å². The van der Waals surface area contributed by atoms with E-state index in [1.165, 1.54) is 6.07 Å². The molecule has 4 N–H and O–H groups in total. The predicted octanol–water partition coefficient (Wildman–Crippen LogP) is 2.08. The van der Waals surface area contributed by atoms with E-state index >= 15 is 0 Å². The summed E-state index contributed by atoms with van der Waals surface area (Å²) in [6.45, 7) is 7.75. The molecule has 0 radical (unpaired) electrons. The van der Waals surface area contributed by atoms with Crippen LogP contribution in [0.2, 0.25) is 0 Å². The highest BCUT2D eigenvalue weighted by molar-refractivity contribution is 5.76. The van der Waals surface area contributed by atoms with Crippen LogP contribution in [-0.4, -0.2) is 16.2 Å². The second kappa shape index (κ2) is 4.37. The maximum absolute atomic E-state index is 10.8. The molecule has 94 valence electrons. The van der Waals surface area contributed by atoms with E-state index in [0.29, 0.717) is 5.56 Å². The van der Waals surface area contributed by atoms with E-state index in [4.69, 9.17) is 10.8 Å². The van der Waals surface area contributed by atoms with Gasteiger partial charge in [0.15, 0.2) is 0 Å². The lowest BCUT2D eigenvalue weighted by atomic mass is 9.84. The van der Waals surface area contributed by atoms with Crippen molar-refractivity contribution in [3.63, 3.8) is 0 Å². The number of aliphatic carboxylic acids is 1. The van der Waals surface area contributed by atoms with E-state index in [1.54, 1.807) is 13.0 Å². The minimum Gasteiger partial charge on any atom is -0.508 e. The Hall–Kier alpha value is -1.55. The molecule has 4 nitrogen and oxygen atoms in total. The molecule has 0 aliphatic carbocycles. The summed E-state index contributed by atoms with van der Waals surface area (Å²) in [5.74, 6) is -1.01. The Labute approximate surface area is 101 Å². The second-order valence-corrected chi connectivity index (χ2v) is 5.29. The Bertz CT molecular complexity index is 447. The van der Waals surface area contributed by atoms with Gasteiger partial charge in [-0.05, 0) is 35.1 Å². The van der Waals surface area contributed by atoms with Gasteiger partial charge in [-0.1, -0.05) is 26.8 Å². The van der Waals surface area contributed by atoms with Crippen LogP contribution in [-0.2, 0) is 10.2 Å². The van der Waals surface area contributed by atoms with Crippen LogP contribution in [0, 0.1) is 6.92 Å². The Balaban J connectivity index is 3.33. The maximum Gasteiger partial charge on any atom is 0.325 e. The summed E-state index contributed by atoms with van der Waals surface area (Å²) < 4.78 is 0. The van der Waals surface area contributed by atoms with Crippen molar-refractivity contribution in [3.05, 3.63) is 28.8 Å². The summed E-state index contributed by atoms with van der Waals surface area (Å²) in [4.78, 5) is 10.8. The molecule has 1 aromatic rings. The molecule has 1 unspecified atom stereocenters. The van der Waals surface area contributed by atoms with Crippen LogP contribution >= 0.6 is 0 Å². The van der Waals surface area contributed by atoms with Gasteiger partial charge in [0.05, 0.1) is 0 Å². The minimum atomic E-state index is -1.10. The van der Waals surface area contributed by atoms with Crippen molar-refractivity contribution < 1.29 is 15.0 Å². The molecule has 1 atom stereocenters. The van der Waals surface area contributed by atoms with Crippen molar-refractivity contribution in [3.8, 4) is 5.75 Å². The standard InChI is InChI=1S/C13H19NO3/c1-7-5-9(13(2,3)4)10(15)6-8(7)11(14)12(16)17/h5-6,11,15H,14H2,1-4H3,(H,16,17). The Kier molecular flexibility index (Phi) is 3.48. The third-order valence-corrected chi connectivity index (χ3v) is 2.79. The highest BCUT2D eigenvalue weighted by atomic mass is 16.4. The highest BCUT2D eigenvalue weighted by Gasteiger charge is 2.23. The van der Waals surface area contributed by atoms with Gasteiger partial charge < -0.3 is 15.9 Å². The molecule has 0 aromatic heterocycles. The number of phenols is 1. The molecule has 0 aliphatic rings. The van der Waals surface area contributed by atoms with Crippen molar-refractivity contribution in [1.29, 1.82) is 0 Å². The number of aryl methyl sites for hydroxylation is 1. The molecular weight excluding hydrogens is 218 g/mol. The zero-order valence-electron chi connectivity index (χ0n) is 10.6. The first-order valence-electron chi connectivity index (χ1n) is 5.47. The number of nitrogens with two attached hydrogens (primary N) is 1. The molecule has 0 bridgehead atoms. The molecule has 0 saturated carbocycles. The molecule has 0 fully saturated rings. The molecule has 0 spiro atoms. The molecule has 0 aliphatic heterocycles. The lowest BCUT2D eigenvalue weighted by Crippen LogP contribution is -2.22. The lowest BCUT2D eigenvalue weighted by Gasteiger charge is -2.23. The van der Waals surface area contributed by atoms with Crippen LogP contribution in [0.5, 0.6) is 5.75 Å². The van der Waals surface area contributed by atoms with Crippen molar-refractivity contribution >= 4 is 5.97 Å². The number of rotatable bonds is 2. The SMILES string of the molecule is Cc1cc(C(C)(C)C)c(O)cc1C(N)C(=O)O. The van der Waals surface area contributed by atoms with E-state index in [2.05, 4.69) is 0 Å². The Morgan fingerprint density at radius 1 is 1.35 bits per heavy atom. The van der Waals surface area contributed by atoms with Gasteiger partial charge in [-0.2, -0.15) is 0 Å². The molecule has 17 heavy (non-hydrogen) atoms. The third kappa shape index (κ3) is 2.77. The number of carbonyl (C=O) groups is 1. The molecule has 0 amide bonds. The zero-order chi connectivity index (χ0) is 13.4. The summed E-state index contributed by atoms with van der Waals surface area (Å²) in [6, 6.07) is 2.15. The first-order valence-corrected chi connectivity index (χ1v) is 5.47. The number of hydrogen-bond acceptors (Lipinski definition) is 3. The average molecular weight is 237 g/mol. The van der Waals surface area contributed by atoms with Gasteiger partial charge >= 0.3 is 5.97 Å². The van der Waals surface area contributed by atoms with Gasteiger partial charge in [0.2, 0.25) is 0 Å². The fourth-order valence-electron chi connectivity index (χ4n) is 1.78. The van der Waals surface area contributed by atoms with Crippen molar-refractivity contribution in [2.24, 2.45) is 5.73 Å². The normalized spacial score (nSPS) is 13.5. The van der Waals surface area contributed by atoms with Crippen molar-refractivity contribution in [2.75, 3.05) is 0 Å². The monoisotopic (exact) mass is 237 g/mol. The molecule has 0 heterocycles. The fourth-order valence-corrected chi connectivity index (χ4v) is 1.78. The topological polar surface area (TPSA) is 83.5 Å². The first kappa shape index (κ1) is 13.5. The van der Waals surface area contributed by atoms with Crippen LogP contribution in [0.3, 0.4) is 0 Å². The summed E-state index contributed by atoms with van der Waals surface area (Å²) in [5, 5.41) is 18.8. The summed E-state index contributed by atoms with van der Waals surface area (Å²) in [6.07, 6.45) is 0. The number of benzene rings is 1. The zero-order valence-corrected chi connectivity index (χ0v) is 10.6. The van der Waals surface area contributed by atoms with Crippen LogP contribution in [0.15, 0.2) is 12.1 Å². The molecule has 0 saturated heterocycles. The summed E-state index contributed by atoms with van der Waals surface area (Å²) >= 11 is 0. The number of phenolic OH excluding ortho intramolecular Hbond substituents is 1. The predicted molar refractivity (Wildman–Crippen MR) is 66.1 cm³/mol. The molecule has 1 aromatic carbocycles. The summed E-state index contributed by atoms with van der Waals surface area (Å²) in [7, 11) is 0. The lowest BCUT2D eigenvalue weighted by molar-refractivity contribution is -0.138. The second-order valence-electron chi connectivity index (χ2n) is 5.29. The van der Waals surface area contributed by atoms with Crippen LogP contribution in [0.4, 0.5) is 0 Å². The quantitative estimate of drug-likeness (QED) is 0.735. The van der Waals surface area contributed by atoms with Gasteiger partial charge in [0, 0.05) is 0 Å². The summed E-state index contributed by atoms with van der Waals surface area (Å²) in [5.41, 5.74) is 7.38. The van der Waals surface area contributed by atoms with Crippen LogP contribution in [0.25, 0.3) is 0 Å². The number of hydrogen-bond donors (Lipinski definition) is 3. The number of carboxylic acids is 1. The van der Waals surface area contributed by atoms with Crippen molar-refractivity contribution in [1.82, 2.24) is 0 Å². The first-order chi connectivity index (χ1) is 7.64. The van der Waals surface area contributed by atoms with Crippen molar-refractivity contribution in [2.45, 2.75) is 39.2 Å². The smallest absolute Gasteiger partial charge is 0.325 e. The number of aromatic hydroxyl groups is 1.